The number of carbonyl (C=O) groups excluding carboxylic acids is 3. The highest BCUT2D eigenvalue weighted by Gasteiger charge is 2.18. The number of hydrogen-bond donors (Lipinski definition) is 6. The Morgan fingerprint density at radius 1 is 0.629 bits per heavy atom. The third-order valence-electron chi connectivity index (χ3n) is 9.54. The van der Waals surface area contributed by atoms with Crippen LogP contribution < -0.4 is 27.0 Å². The van der Waals surface area contributed by atoms with Gasteiger partial charge in [0.15, 0.2) is 0 Å². The highest BCUT2D eigenvalue weighted by molar-refractivity contribution is 5.86. The average Bonchev–Trinajstić information content (AvgIpc) is 3.23. The average molecular weight is 892 g/mol. The fourth-order valence-corrected chi connectivity index (χ4v) is 5.55. The minimum absolute atomic E-state index is 0.0206. The standard InChI is InChI=1S/C36H67N5O13.C8H18/c1-30(42)41-33(7-2-3-10-37)36(46)39-12-16-50-20-24-54-27-25-51-21-17-47-13-8-32(31-5-4-6-31)40-29-34(43)38-11-15-49-19-23-53-28-26-52-22-18-48-14-9-35(44)45;1-4-6-7-8(3)5-2/h33,40H,2-29,37H2,1H3,(H,38,43)(H,39,46)(H,41,42)(H,44,45);8H,4-7H2,1-3H3. The van der Waals surface area contributed by atoms with Gasteiger partial charge in [-0.3, -0.25) is 19.2 Å². The molecular weight excluding hydrogens is 807 g/mol. The Labute approximate surface area is 372 Å². The van der Waals surface area contributed by atoms with E-state index in [1.54, 1.807) is 0 Å². The summed E-state index contributed by atoms with van der Waals surface area (Å²) in [6, 6.07) is -0.567. The zero-order valence-corrected chi connectivity index (χ0v) is 38.7. The minimum Gasteiger partial charge on any atom is -0.481 e. The number of aliphatic carboxylic acids is 1. The van der Waals surface area contributed by atoms with Crippen LogP contribution in [-0.2, 0) is 57.1 Å². The van der Waals surface area contributed by atoms with Crippen molar-refractivity contribution in [2.45, 2.75) is 111 Å². The van der Waals surface area contributed by atoms with Crippen molar-refractivity contribution >= 4 is 23.7 Å². The topological polar surface area (TPSA) is 236 Å². The van der Waals surface area contributed by atoms with Crippen molar-refractivity contribution in [3.05, 3.63) is 11.3 Å². The molecule has 0 radical (unpaired) electrons. The Balaban J connectivity index is 0.00000420. The van der Waals surface area contributed by atoms with Crippen molar-refractivity contribution in [1.29, 1.82) is 0 Å². The van der Waals surface area contributed by atoms with E-state index in [1.807, 2.05) is 0 Å². The number of hydrogen-bond acceptors (Lipinski definition) is 14. The molecule has 7 N–H and O–H groups in total. The number of amides is 3. The van der Waals surface area contributed by atoms with Crippen LogP contribution in [0.25, 0.3) is 0 Å². The number of carbonyl (C=O) groups is 4. The zero-order chi connectivity index (χ0) is 45.7. The summed E-state index contributed by atoms with van der Waals surface area (Å²) >= 11 is 0. The molecule has 2 atom stereocenters. The van der Waals surface area contributed by atoms with Crippen molar-refractivity contribution in [2.24, 2.45) is 11.7 Å². The molecule has 1 saturated carbocycles. The number of unbranched alkanes of at least 4 members (excludes halogenated alkanes) is 2. The first-order valence-electron chi connectivity index (χ1n) is 22.9. The molecule has 1 fully saturated rings. The number of rotatable bonds is 43. The normalized spacial score (nSPS) is 13.0. The number of carboxylic acid groups (broad SMARTS) is 1. The summed E-state index contributed by atoms with van der Waals surface area (Å²) in [6.07, 6.45) is 11.6. The molecule has 1 aliphatic rings. The first-order chi connectivity index (χ1) is 30.1. The Morgan fingerprint density at radius 3 is 1.55 bits per heavy atom. The Bertz CT molecular complexity index is 1130. The third kappa shape index (κ3) is 39.9. The summed E-state index contributed by atoms with van der Waals surface area (Å²) < 4.78 is 43.7. The molecule has 0 aromatic rings. The summed E-state index contributed by atoms with van der Waals surface area (Å²) in [5, 5.41) is 20.1. The van der Waals surface area contributed by atoms with E-state index in [2.05, 4.69) is 42.0 Å². The van der Waals surface area contributed by atoms with E-state index in [-0.39, 0.29) is 37.3 Å². The van der Waals surface area contributed by atoms with Gasteiger partial charge in [0.05, 0.1) is 119 Å². The van der Waals surface area contributed by atoms with E-state index < -0.39 is 12.0 Å². The molecule has 0 bridgehead atoms. The Kier molecular flexibility index (Phi) is 42.5. The molecule has 0 aliphatic heterocycles. The molecule has 0 aromatic heterocycles. The summed E-state index contributed by atoms with van der Waals surface area (Å²) in [5.41, 5.74) is 7.93. The van der Waals surface area contributed by atoms with Gasteiger partial charge < -0.3 is 70.0 Å². The second-order valence-corrected chi connectivity index (χ2v) is 14.9. The van der Waals surface area contributed by atoms with Crippen LogP contribution in [0.2, 0.25) is 0 Å². The first kappa shape index (κ1) is 59.1. The molecule has 2 unspecified atom stereocenters. The van der Waals surface area contributed by atoms with Gasteiger partial charge in [-0.2, -0.15) is 0 Å². The van der Waals surface area contributed by atoms with E-state index in [9.17, 15) is 19.2 Å². The fourth-order valence-electron chi connectivity index (χ4n) is 5.55. The molecule has 1 rings (SSSR count). The lowest BCUT2D eigenvalue weighted by atomic mass is 9.89. The van der Waals surface area contributed by atoms with Crippen molar-refractivity contribution in [1.82, 2.24) is 21.3 Å². The predicted octanol–water partition coefficient (Wildman–Crippen LogP) is 3.10. The number of carboxylic acids is 1. The lowest BCUT2D eigenvalue weighted by Crippen LogP contribution is -2.46. The highest BCUT2D eigenvalue weighted by atomic mass is 16.6. The van der Waals surface area contributed by atoms with Crippen LogP contribution in [0.3, 0.4) is 0 Å². The number of nitrogens with one attached hydrogen (secondary N) is 4. The number of ether oxygens (including phenoxy) is 8. The van der Waals surface area contributed by atoms with Crippen molar-refractivity contribution in [2.75, 3.05) is 132 Å². The van der Waals surface area contributed by atoms with Crippen LogP contribution in [0, 0.1) is 5.92 Å². The van der Waals surface area contributed by atoms with E-state index >= 15 is 0 Å². The first-order valence-corrected chi connectivity index (χ1v) is 22.9. The lowest BCUT2D eigenvalue weighted by Gasteiger charge is -2.23. The molecule has 18 nitrogen and oxygen atoms in total. The van der Waals surface area contributed by atoms with Crippen molar-refractivity contribution < 1.29 is 62.2 Å². The molecule has 0 spiro atoms. The van der Waals surface area contributed by atoms with E-state index in [0.717, 1.165) is 43.7 Å². The predicted molar refractivity (Wildman–Crippen MR) is 238 cm³/mol. The van der Waals surface area contributed by atoms with Gasteiger partial charge in [0.1, 0.15) is 6.04 Å². The molecule has 0 aromatic carbocycles. The van der Waals surface area contributed by atoms with Gasteiger partial charge in [-0.15, -0.1) is 0 Å². The van der Waals surface area contributed by atoms with Crippen LogP contribution in [-0.4, -0.2) is 167 Å². The SMILES string of the molecule is CC(=O)NC(CCCCN)C(=O)NCCOCCOCCOCCOCCC(NCC(=O)NCCOCCOCCOCCOCCC(=O)O)=C1CCC1.CCCCC(C)CC. The summed E-state index contributed by atoms with van der Waals surface area (Å²) in [4.78, 5) is 46.4. The third-order valence-corrected chi connectivity index (χ3v) is 9.54. The molecule has 62 heavy (non-hydrogen) atoms. The van der Waals surface area contributed by atoms with Crippen LogP contribution in [0.5, 0.6) is 0 Å². The van der Waals surface area contributed by atoms with Crippen molar-refractivity contribution in [3.8, 4) is 0 Å². The Morgan fingerprint density at radius 2 is 1.11 bits per heavy atom. The second kappa shape index (κ2) is 44.7. The van der Waals surface area contributed by atoms with Crippen molar-refractivity contribution in [3.63, 3.8) is 0 Å². The van der Waals surface area contributed by atoms with Gasteiger partial charge in [0.2, 0.25) is 17.7 Å². The van der Waals surface area contributed by atoms with Gasteiger partial charge >= 0.3 is 5.97 Å². The Hall–Kier alpha value is -2.94. The zero-order valence-electron chi connectivity index (χ0n) is 38.7. The van der Waals surface area contributed by atoms with E-state index in [0.29, 0.717) is 132 Å². The molecule has 0 heterocycles. The largest absolute Gasteiger partial charge is 0.481 e. The van der Waals surface area contributed by atoms with Crippen LogP contribution in [0.15, 0.2) is 11.3 Å². The quantitative estimate of drug-likeness (QED) is 0.0483. The molecule has 18 heteroatoms. The fraction of sp³-hybridized carbons (Fsp3) is 0.864. The highest BCUT2D eigenvalue weighted by Crippen LogP contribution is 2.28. The van der Waals surface area contributed by atoms with E-state index in [1.165, 1.54) is 38.2 Å². The van der Waals surface area contributed by atoms with Crippen LogP contribution >= 0.6 is 0 Å². The maximum atomic E-state index is 12.3. The van der Waals surface area contributed by atoms with Gasteiger partial charge in [-0.1, -0.05) is 52.0 Å². The molecule has 364 valence electrons. The van der Waals surface area contributed by atoms with Gasteiger partial charge in [-0.05, 0) is 51.0 Å². The summed E-state index contributed by atoms with van der Waals surface area (Å²) in [7, 11) is 0. The maximum Gasteiger partial charge on any atom is 0.305 e. The summed E-state index contributed by atoms with van der Waals surface area (Å²) in [6.45, 7) is 16.1. The monoisotopic (exact) mass is 892 g/mol. The summed E-state index contributed by atoms with van der Waals surface area (Å²) in [5.74, 6) is -0.516. The maximum absolute atomic E-state index is 12.3. The van der Waals surface area contributed by atoms with Gasteiger partial charge in [0.25, 0.3) is 0 Å². The smallest absolute Gasteiger partial charge is 0.305 e. The second-order valence-electron chi connectivity index (χ2n) is 14.9. The van der Waals surface area contributed by atoms with E-state index in [4.69, 9.17) is 48.7 Å². The van der Waals surface area contributed by atoms with Crippen LogP contribution in [0.4, 0.5) is 0 Å². The lowest BCUT2D eigenvalue weighted by molar-refractivity contribution is -0.138. The number of allylic oxidation sites excluding steroid dienone is 1. The molecule has 0 saturated heterocycles. The molecular formula is C44H85N5O13. The minimum atomic E-state index is -0.889. The molecule has 1 aliphatic carbocycles. The van der Waals surface area contributed by atoms with Gasteiger partial charge in [0, 0.05) is 32.1 Å². The van der Waals surface area contributed by atoms with Gasteiger partial charge in [-0.25, -0.2) is 0 Å². The number of nitrogens with two attached hydrogens (primary N) is 1. The molecule has 3 amide bonds. The van der Waals surface area contributed by atoms with Crippen LogP contribution in [0.1, 0.15) is 105 Å².